The van der Waals surface area contributed by atoms with Gasteiger partial charge in [0.2, 0.25) is 0 Å². The van der Waals surface area contributed by atoms with E-state index in [4.69, 9.17) is 13.3 Å². The summed E-state index contributed by atoms with van der Waals surface area (Å²) in [6.07, 6.45) is 1.95. The zero-order chi connectivity index (χ0) is 15.5. The fourth-order valence-electron chi connectivity index (χ4n) is 1.65. The summed E-state index contributed by atoms with van der Waals surface area (Å²) in [6.45, 7) is 20.2. The minimum absolute atomic E-state index is 0.317. The van der Waals surface area contributed by atoms with Gasteiger partial charge in [-0.15, -0.1) is 0 Å². The Hall–Kier alpha value is -0.163. The van der Waals surface area contributed by atoms with Crippen molar-refractivity contribution in [2.24, 2.45) is 0 Å². The van der Waals surface area contributed by atoms with Gasteiger partial charge >= 0.3 is 8.80 Å². The molecule has 0 amide bonds. The van der Waals surface area contributed by atoms with Crippen molar-refractivity contribution in [3.63, 3.8) is 0 Å². The molecule has 0 heterocycles. The van der Waals surface area contributed by atoms with Gasteiger partial charge in [-0.3, -0.25) is 0 Å². The molecule has 0 spiro atoms. The van der Waals surface area contributed by atoms with Crippen LogP contribution in [0.15, 0.2) is 11.8 Å². The van der Waals surface area contributed by atoms with E-state index in [1.165, 1.54) is 0 Å². The molecular weight excluding hydrogens is 256 g/mol. The van der Waals surface area contributed by atoms with Gasteiger partial charge in [0, 0.05) is 0 Å². The van der Waals surface area contributed by atoms with E-state index in [0.29, 0.717) is 0 Å². The SMILES string of the molecule is C/C=C\[Si](OC(C)(C)C)(OC(C)(C)C)OC(C)(C)C. The van der Waals surface area contributed by atoms with E-state index in [2.05, 4.69) is 0 Å². The largest absolute Gasteiger partial charge is 0.530 e. The highest BCUT2D eigenvalue weighted by molar-refractivity contribution is 6.66. The maximum absolute atomic E-state index is 6.23. The van der Waals surface area contributed by atoms with Crippen LogP contribution in [0.5, 0.6) is 0 Å². The van der Waals surface area contributed by atoms with E-state index in [0.717, 1.165) is 0 Å². The summed E-state index contributed by atoms with van der Waals surface area (Å²) in [6, 6.07) is 0. The molecule has 19 heavy (non-hydrogen) atoms. The summed E-state index contributed by atoms with van der Waals surface area (Å²) in [5, 5.41) is 0. The zero-order valence-electron chi connectivity index (χ0n) is 14.4. The molecule has 0 unspecified atom stereocenters. The first kappa shape index (κ1) is 18.8. The van der Waals surface area contributed by atoms with Crippen molar-refractivity contribution in [3.8, 4) is 0 Å². The zero-order valence-corrected chi connectivity index (χ0v) is 15.4. The van der Waals surface area contributed by atoms with Crippen molar-refractivity contribution >= 4 is 8.80 Å². The van der Waals surface area contributed by atoms with Gasteiger partial charge in [0.1, 0.15) is 0 Å². The van der Waals surface area contributed by atoms with Gasteiger partial charge in [-0.1, -0.05) is 6.08 Å². The Kier molecular flexibility index (Phi) is 6.03. The Morgan fingerprint density at radius 3 is 1.05 bits per heavy atom. The number of rotatable bonds is 4. The van der Waals surface area contributed by atoms with Crippen LogP contribution in [-0.4, -0.2) is 25.6 Å². The average Bonchev–Trinajstić information content (AvgIpc) is 1.90. The molecule has 114 valence electrons. The topological polar surface area (TPSA) is 27.7 Å². The van der Waals surface area contributed by atoms with E-state index in [1.54, 1.807) is 0 Å². The third kappa shape index (κ3) is 9.38. The summed E-state index contributed by atoms with van der Waals surface area (Å²) in [5.74, 6) is 0. The Morgan fingerprint density at radius 2 is 0.895 bits per heavy atom. The van der Waals surface area contributed by atoms with Gasteiger partial charge in [-0.05, 0) is 74.9 Å². The van der Waals surface area contributed by atoms with Crippen LogP contribution in [0.25, 0.3) is 0 Å². The lowest BCUT2D eigenvalue weighted by molar-refractivity contribution is -0.0667. The second kappa shape index (κ2) is 6.08. The molecule has 0 aromatic carbocycles. The third-order valence-corrected chi connectivity index (χ3v) is 5.15. The number of hydrogen-bond acceptors (Lipinski definition) is 3. The van der Waals surface area contributed by atoms with Crippen molar-refractivity contribution in [3.05, 3.63) is 11.8 Å². The molecule has 0 aliphatic rings. The summed E-state index contributed by atoms with van der Waals surface area (Å²) in [7, 11) is -2.88. The van der Waals surface area contributed by atoms with Gasteiger partial charge in [0.15, 0.2) is 0 Å². The highest BCUT2D eigenvalue weighted by atomic mass is 28.4. The normalized spacial score (nSPS) is 15.3. The van der Waals surface area contributed by atoms with Crippen LogP contribution in [0.1, 0.15) is 69.2 Å². The van der Waals surface area contributed by atoms with Gasteiger partial charge < -0.3 is 13.3 Å². The first-order valence-corrected chi connectivity index (χ1v) is 8.73. The highest BCUT2D eigenvalue weighted by Crippen LogP contribution is 2.29. The lowest BCUT2D eigenvalue weighted by Gasteiger charge is -2.41. The lowest BCUT2D eigenvalue weighted by Crippen LogP contribution is -2.56. The van der Waals surface area contributed by atoms with Crippen LogP contribution < -0.4 is 0 Å². The van der Waals surface area contributed by atoms with Gasteiger partial charge in [-0.2, -0.15) is 0 Å². The highest BCUT2D eigenvalue weighted by Gasteiger charge is 2.48. The van der Waals surface area contributed by atoms with Crippen molar-refractivity contribution in [2.75, 3.05) is 0 Å². The number of hydrogen-bond donors (Lipinski definition) is 0. The predicted molar refractivity (Wildman–Crippen MR) is 83.1 cm³/mol. The van der Waals surface area contributed by atoms with Crippen molar-refractivity contribution in [2.45, 2.75) is 86.0 Å². The molecule has 0 N–H and O–H groups in total. The lowest BCUT2D eigenvalue weighted by atomic mass is 10.2. The van der Waals surface area contributed by atoms with Gasteiger partial charge in [0.25, 0.3) is 0 Å². The van der Waals surface area contributed by atoms with Crippen molar-refractivity contribution in [1.29, 1.82) is 0 Å². The van der Waals surface area contributed by atoms with E-state index in [1.807, 2.05) is 81.0 Å². The summed E-state index contributed by atoms with van der Waals surface area (Å²) < 4.78 is 18.7. The predicted octanol–water partition coefficient (Wildman–Crippen LogP) is 4.49. The van der Waals surface area contributed by atoms with E-state index in [9.17, 15) is 0 Å². The fourth-order valence-corrected chi connectivity index (χ4v) is 4.95. The standard InChI is InChI=1S/C15H32O3Si/c1-11-12-19(16-13(2,3)4,17-14(5,6)7)18-15(8,9)10/h11-12H,1-10H3/b12-11-. The van der Waals surface area contributed by atoms with Crippen molar-refractivity contribution < 1.29 is 13.3 Å². The smallest absolute Gasteiger partial charge is 0.365 e. The van der Waals surface area contributed by atoms with Crippen molar-refractivity contribution in [1.82, 2.24) is 0 Å². The second-order valence-corrected chi connectivity index (χ2v) is 9.90. The molecule has 0 aromatic heterocycles. The Labute approximate surface area is 120 Å². The van der Waals surface area contributed by atoms with Crippen LogP contribution in [-0.2, 0) is 13.3 Å². The molecule has 0 radical (unpaired) electrons. The van der Waals surface area contributed by atoms with Crippen LogP contribution in [0.4, 0.5) is 0 Å². The Bertz CT molecular complexity index is 262. The van der Waals surface area contributed by atoms with Crippen LogP contribution in [0, 0.1) is 0 Å². The van der Waals surface area contributed by atoms with Crippen LogP contribution in [0.2, 0.25) is 0 Å². The molecule has 0 atom stereocenters. The second-order valence-electron chi connectivity index (χ2n) is 7.75. The summed E-state index contributed by atoms with van der Waals surface area (Å²) in [5.41, 5.74) is 1.02. The fraction of sp³-hybridized carbons (Fsp3) is 0.867. The molecule has 0 aliphatic heterocycles. The summed E-state index contributed by atoms with van der Waals surface area (Å²) in [4.78, 5) is 0. The molecule has 0 bridgehead atoms. The Morgan fingerprint density at radius 1 is 0.632 bits per heavy atom. The molecule has 0 fully saturated rings. The third-order valence-electron chi connectivity index (χ3n) is 1.72. The molecule has 0 saturated carbocycles. The first-order valence-electron chi connectivity index (χ1n) is 6.92. The molecule has 0 rings (SSSR count). The molecule has 3 nitrogen and oxygen atoms in total. The van der Waals surface area contributed by atoms with Gasteiger partial charge in [0.05, 0.1) is 16.8 Å². The Balaban J connectivity index is 5.47. The van der Waals surface area contributed by atoms with E-state index >= 15 is 0 Å². The molecule has 0 saturated heterocycles. The molecule has 0 aliphatic carbocycles. The minimum atomic E-state index is -2.88. The van der Waals surface area contributed by atoms with Gasteiger partial charge in [-0.25, -0.2) is 0 Å². The molecule has 4 heteroatoms. The maximum Gasteiger partial charge on any atom is 0.530 e. The maximum atomic E-state index is 6.23. The molecular formula is C15H32O3Si. The number of allylic oxidation sites excluding steroid dienone is 1. The van der Waals surface area contributed by atoms with E-state index < -0.39 is 8.80 Å². The minimum Gasteiger partial charge on any atom is -0.365 e. The quantitative estimate of drug-likeness (QED) is 0.714. The monoisotopic (exact) mass is 288 g/mol. The summed E-state index contributed by atoms with van der Waals surface area (Å²) >= 11 is 0. The van der Waals surface area contributed by atoms with Crippen LogP contribution >= 0.6 is 0 Å². The van der Waals surface area contributed by atoms with Crippen LogP contribution in [0.3, 0.4) is 0 Å². The average molecular weight is 289 g/mol. The first-order chi connectivity index (χ1) is 8.18. The van der Waals surface area contributed by atoms with E-state index in [-0.39, 0.29) is 16.8 Å². The molecule has 0 aromatic rings.